The van der Waals surface area contributed by atoms with Crippen LogP contribution in [-0.4, -0.2) is 38.7 Å². The molecule has 0 radical (unpaired) electrons. The van der Waals surface area contributed by atoms with Crippen LogP contribution in [-0.2, 0) is 4.79 Å². The third-order valence-electron chi connectivity index (χ3n) is 3.62. The van der Waals surface area contributed by atoms with Crippen LogP contribution in [0.4, 0.5) is 5.69 Å². The number of tetrazole rings is 1. The van der Waals surface area contributed by atoms with E-state index in [-0.39, 0.29) is 17.9 Å². The highest BCUT2D eigenvalue weighted by Gasteiger charge is 2.29. The third kappa shape index (κ3) is 2.39. The van der Waals surface area contributed by atoms with Gasteiger partial charge in [-0.05, 0) is 42.4 Å². The van der Waals surface area contributed by atoms with Crippen LogP contribution < -0.4 is 10.6 Å². The van der Waals surface area contributed by atoms with Gasteiger partial charge in [0.25, 0.3) is 0 Å². The molecule has 2 heterocycles. The molecular formula is C13H16N6O. The monoisotopic (exact) mass is 272 g/mol. The van der Waals surface area contributed by atoms with Gasteiger partial charge in [0.2, 0.25) is 5.91 Å². The first-order valence-corrected chi connectivity index (χ1v) is 6.62. The molecule has 20 heavy (non-hydrogen) atoms. The van der Waals surface area contributed by atoms with Crippen molar-refractivity contribution in [3.05, 3.63) is 30.6 Å². The van der Waals surface area contributed by atoms with Crippen molar-refractivity contribution in [3.8, 4) is 5.69 Å². The number of anilines is 1. The van der Waals surface area contributed by atoms with Gasteiger partial charge in [-0.1, -0.05) is 12.1 Å². The Morgan fingerprint density at radius 3 is 3.00 bits per heavy atom. The molecule has 104 valence electrons. The summed E-state index contributed by atoms with van der Waals surface area (Å²) in [4.78, 5) is 12.3. The molecule has 1 aliphatic rings. The van der Waals surface area contributed by atoms with Gasteiger partial charge in [-0.25, -0.2) is 0 Å². The van der Waals surface area contributed by atoms with Crippen LogP contribution in [0.5, 0.6) is 0 Å². The second kappa shape index (κ2) is 5.38. The molecule has 1 aromatic carbocycles. The lowest BCUT2D eigenvalue weighted by molar-refractivity contribution is -0.120. The molecular weight excluding hydrogens is 256 g/mol. The highest BCUT2D eigenvalue weighted by Crippen LogP contribution is 2.22. The Morgan fingerprint density at radius 1 is 1.45 bits per heavy atom. The first-order valence-electron chi connectivity index (χ1n) is 6.62. The van der Waals surface area contributed by atoms with Gasteiger partial charge in [0.1, 0.15) is 6.33 Å². The van der Waals surface area contributed by atoms with Crippen LogP contribution in [0.25, 0.3) is 5.69 Å². The number of hydrogen-bond donors (Lipinski definition) is 2. The van der Waals surface area contributed by atoms with E-state index in [2.05, 4.69) is 26.2 Å². The fourth-order valence-corrected chi connectivity index (χ4v) is 2.49. The van der Waals surface area contributed by atoms with Crippen LogP contribution in [0.3, 0.4) is 0 Å². The lowest BCUT2D eigenvalue weighted by Gasteiger charge is -2.16. The fourth-order valence-electron chi connectivity index (χ4n) is 2.49. The summed E-state index contributed by atoms with van der Waals surface area (Å²) in [6.45, 7) is 2.92. The highest BCUT2D eigenvalue weighted by molar-refractivity contribution is 5.95. The normalized spacial score (nSPS) is 21.9. The largest absolute Gasteiger partial charge is 0.324 e. The number of nitrogens with one attached hydrogen (secondary N) is 2. The molecule has 3 rings (SSSR count). The summed E-state index contributed by atoms with van der Waals surface area (Å²) in [5.74, 6) is 0.0277. The topological polar surface area (TPSA) is 84.7 Å². The van der Waals surface area contributed by atoms with E-state index >= 15 is 0 Å². The van der Waals surface area contributed by atoms with Crippen molar-refractivity contribution in [1.29, 1.82) is 0 Å². The maximum absolute atomic E-state index is 12.3. The van der Waals surface area contributed by atoms with Gasteiger partial charge in [0, 0.05) is 6.04 Å². The van der Waals surface area contributed by atoms with E-state index in [9.17, 15) is 4.79 Å². The molecule has 7 nitrogen and oxygen atoms in total. The zero-order valence-corrected chi connectivity index (χ0v) is 11.2. The molecule has 0 spiro atoms. The number of benzene rings is 1. The van der Waals surface area contributed by atoms with Crippen LogP contribution in [0.1, 0.15) is 13.3 Å². The minimum absolute atomic E-state index is 0.00284. The first kappa shape index (κ1) is 12.7. The van der Waals surface area contributed by atoms with Gasteiger partial charge in [-0.2, -0.15) is 4.68 Å². The number of hydrogen-bond acceptors (Lipinski definition) is 5. The summed E-state index contributed by atoms with van der Waals surface area (Å²) in [6.07, 6.45) is 2.37. The average molecular weight is 272 g/mol. The third-order valence-corrected chi connectivity index (χ3v) is 3.62. The molecule has 0 aliphatic carbocycles. The second-order valence-corrected chi connectivity index (χ2v) is 4.90. The zero-order valence-electron chi connectivity index (χ0n) is 11.2. The molecule has 1 amide bonds. The molecule has 2 unspecified atom stereocenters. The van der Waals surface area contributed by atoms with Gasteiger partial charge >= 0.3 is 0 Å². The molecule has 1 fully saturated rings. The number of rotatable bonds is 3. The Balaban J connectivity index is 1.83. The van der Waals surface area contributed by atoms with Crippen molar-refractivity contribution >= 4 is 11.6 Å². The lowest BCUT2D eigenvalue weighted by atomic mass is 10.0. The molecule has 2 atom stereocenters. The Bertz CT molecular complexity index is 597. The van der Waals surface area contributed by atoms with Crippen molar-refractivity contribution in [2.75, 3.05) is 11.9 Å². The Morgan fingerprint density at radius 2 is 2.30 bits per heavy atom. The van der Waals surface area contributed by atoms with Crippen molar-refractivity contribution in [2.24, 2.45) is 5.92 Å². The molecule has 2 aromatic rings. The highest BCUT2D eigenvalue weighted by atomic mass is 16.2. The van der Waals surface area contributed by atoms with Crippen molar-refractivity contribution in [3.63, 3.8) is 0 Å². The summed E-state index contributed by atoms with van der Waals surface area (Å²) in [5, 5.41) is 17.4. The van der Waals surface area contributed by atoms with E-state index in [1.54, 1.807) is 0 Å². The van der Waals surface area contributed by atoms with Gasteiger partial charge in [0.05, 0.1) is 17.3 Å². The fraction of sp³-hybridized carbons (Fsp3) is 0.385. The van der Waals surface area contributed by atoms with Crippen molar-refractivity contribution < 1.29 is 4.79 Å². The standard InChI is InChI=1S/C13H16N6O/c1-9-10(6-7-14-9)13(20)16-11-4-2-3-5-12(11)19-8-15-17-18-19/h2-5,8-10,14H,6-7H2,1H3,(H,16,20). The number of carbonyl (C=O) groups is 1. The van der Waals surface area contributed by atoms with E-state index < -0.39 is 0 Å². The molecule has 1 aromatic heterocycles. The average Bonchev–Trinajstić information content (AvgIpc) is 3.10. The maximum Gasteiger partial charge on any atom is 0.229 e. The molecule has 0 bridgehead atoms. The summed E-state index contributed by atoms with van der Waals surface area (Å²) in [5.41, 5.74) is 1.47. The number of amides is 1. The van der Waals surface area contributed by atoms with E-state index in [1.165, 1.54) is 11.0 Å². The molecule has 1 aliphatic heterocycles. The zero-order chi connectivity index (χ0) is 13.9. The second-order valence-electron chi connectivity index (χ2n) is 4.90. The van der Waals surface area contributed by atoms with Gasteiger partial charge in [0.15, 0.2) is 0 Å². The van der Waals surface area contributed by atoms with Crippen LogP contribution >= 0.6 is 0 Å². The Hall–Kier alpha value is -2.28. The molecule has 7 heteroatoms. The predicted molar refractivity (Wildman–Crippen MR) is 73.4 cm³/mol. The maximum atomic E-state index is 12.3. The molecule has 2 N–H and O–H groups in total. The summed E-state index contributed by atoms with van der Waals surface area (Å²) in [7, 11) is 0. The minimum Gasteiger partial charge on any atom is -0.324 e. The van der Waals surface area contributed by atoms with Crippen molar-refractivity contribution in [2.45, 2.75) is 19.4 Å². The lowest BCUT2D eigenvalue weighted by Crippen LogP contribution is -2.32. The summed E-state index contributed by atoms with van der Waals surface area (Å²) in [6, 6.07) is 7.67. The predicted octanol–water partition coefficient (Wildman–Crippen LogP) is 0.599. The molecule has 1 saturated heterocycles. The first-order chi connectivity index (χ1) is 9.75. The van der Waals surface area contributed by atoms with Crippen LogP contribution in [0, 0.1) is 5.92 Å². The van der Waals surface area contributed by atoms with Crippen molar-refractivity contribution in [1.82, 2.24) is 25.5 Å². The Labute approximate surface area is 116 Å². The van der Waals surface area contributed by atoms with E-state index in [4.69, 9.17) is 0 Å². The summed E-state index contributed by atoms with van der Waals surface area (Å²) >= 11 is 0. The molecule has 0 saturated carbocycles. The Kier molecular flexibility index (Phi) is 3.42. The summed E-state index contributed by atoms with van der Waals surface area (Å²) < 4.78 is 1.53. The van der Waals surface area contributed by atoms with Gasteiger partial charge in [-0.15, -0.1) is 5.10 Å². The minimum atomic E-state index is -0.00284. The quantitative estimate of drug-likeness (QED) is 0.854. The van der Waals surface area contributed by atoms with E-state index in [0.717, 1.165) is 18.7 Å². The van der Waals surface area contributed by atoms with Gasteiger partial charge < -0.3 is 10.6 Å². The van der Waals surface area contributed by atoms with E-state index in [1.807, 2.05) is 31.2 Å². The number of carbonyl (C=O) groups excluding carboxylic acids is 1. The van der Waals surface area contributed by atoms with Crippen LogP contribution in [0.2, 0.25) is 0 Å². The number of aromatic nitrogens is 4. The SMILES string of the molecule is CC1NCCC1C(=O)Nc1ccccc1-n1cnnn1. The van der Waals surface area contributed by atoms with Crippen LogP contribution in [0.15, 0.2) is 30.6 Å². The van der Waals surface area contributed by atoms with E-state index in [0.29, 0.717) is 5.69 Å². The number of para-hydroxylation sites is 2. The van der Waals surface area contributed by atoms with Gasteiger partial charge in [-0.3, -0.25) is 4.79 Å². The smallest absolute Gasteiger partial charge is 0.229 e. The number of nitrogens with zero attached hydrogens (tertiary/aromatic N) is 4.